The zero-order chi connectivity index (χ0) is 22.8. The SMILES string of the molecule is Cc1ncoc1C(=O)Nc1ccc(F)c(-c2cn3cc(NC(=O)OC(C)C)cnc3n2)c1. The van der Waals surface area contributed by atoms with E-state index in [9.17, 15) is 14.0 Å². The van der Waals surface area contributed by atoms with Crippen LogP contribution in [0.3, 0.4) is 0 Å². The van der Waals surface area contributed by atoms with Crippen LogP contribution in [0.25, 0.3) is 17.0 Å². The van der Waals surface area contributed by atoms with Crippen molar-refractivity contribution in [1.29, 1.82) is 0 Å². The molecule has 0 fully saturated rings. The van der Waals surface area contributed by atoms with E-state index in [1.54, 1.807) is 37.6 Å². The molecule has 164 valence electrons. The Bertz CT molecular complexity index is 1310. The van der Waals surface area contributed by atoms with E-state index in [-0.39, 0.29) is 17.4 Å². The third-order valence-corrected chi connectivity index (χ3v) is 4.35. The second kappa shape index (κ2) is 8.46. The van der Waals surface area contributed by atoms with Gasteiger partial charge in [0.2, 0.25) is 11.5 Å². The van der Waals surface area contributed by atoms with Crippen LogP contribution in [0.2, 0.25) is 0 Å². The Kier molecular flexibility index (Phi) is 5.54. The molecule has 3 aromatic heterocycles. The number of nitrogens with one attached hydrogen (secondary N) is 2. The Morgan fingerprint density at radius 3 is 2.69 bits per heavy atom. The van der Waals surface area contributed by atoms with Gasteiger partial charge in [-0.15, -0.1) is 0 Å². The Morgan fingerprint density at radius 1 is 1.16 bits per heavy atom. The molecule has 0 aliphatic heterocycles. The fourth-order valence-corrected chi connectivity index (χ4v) is 2.95. The summed E-state index contributed by atoms with van der Waals surface area (Å²) in [5.41, 5.74) is 1.64. The van der Waals surface area contributed by atoms with Gasteiger partial charge >= 0.3 is 6.09 Å². The molecule has 10 nitrogen and oxygen atoms in total. The number of hydrogen-bond acceptors (Lipinski definition) is 7. The molecule has 2 N–H and O–H groups in total. The number of anilines is 2. The van der Waals surface area contributed by atoms with Gasteiger partial charge in [0, 0.05) is 23.6 Å². The Hall–Kier alpha value is -4.28. The van der Waals surface area contributed by atoms with Crippen LogP contribution in [0.5, 0.6) is 0 Å². The van der Waals surface area contributed by atoms with E-state index in [0.717, 1.165) is 0 Å². The first-order valence-corrected chi connectivity index (χ1v) is 9.64. The first kappa shape index (κ1) is 21.0. The van der Waals surface area contributed by atoms with E-state index in [0.29, 0.717) is 28.5 Å². The Labute approximate surface area is 181 Å². The van der Waals surface area contributed by atoms with Crippen LogP contribution >= 0.6 is 0 Å². The van der Waals surface area contributed by atoms with E-state index in [1.807, 2.05) is 0 Å². The van der Waals surface area contributed by atoms with Gasteiger partial charge in [0.05, 0.1) is 29.4 Å². The first-order chi connectivity index (χ1) is 15.3. The van der Waals surface area contributed by atoms with Crippen molar-refractivity contribution in [3.63, 3.8) is 0 Å². The summed E-state index contributed by atoms with van der Waals surface area (Å²) in [7, 11) is 0. The minimum absolute atomic E-state index is 0.0730. The lowest BCUT2D eigenvalue weighted by atomic mass is 10.1. The maximum Gasteiger partial charge on any atom is 0.411 e. The number of amides is 2. The molecule has 4 aromatic rings. The minimum Gasteiger partial charge on any atom is -0.447 e. The predicted octanol–water partition coefficient (Wildman–Crippen LogP) is 4.04. The number of nitrogens with zero attached hydrogens (tertiary/aromatic N) is 4. The van der Waals surface area contributed by atoms with Crippen molar-refractivity contribution in [3.8, 4) is 11.3 Å². The van der Waals surface area contributed by atoms with Crippen LogP contribution in [-0.4, -0.2) is 37.5 Å². The van der Waals surface area contributed by atoms with Gasteiger partial charge in [-0.05, 0) is 39.0 Å². The summed E-state index contributed by atoms with van der Waals surface area (Å²) < 4.78 is 26.2. The number of aromatic nitrogens is 4. The molecule has 0 saturated heterocycles. The van der Waals surface area contributed by atoms with Crippen molar-refractivity contribution >= 4 is 29.2 Å². The van der Waals surface area contributed by atoms with E-state index in [4.69, 9.17) is 9.15 Å². The maximum absolute atomic E-state index is 14.5. The van der Waals surface area contributed by atoms with Crippen molar-refractivity contribution in [2.75, 3.05) is 10.6 Å². The van der Waals surface area contributed by atoms with Crippen molar-refractivity contribution < 1.29 is 23.1 Å². The Balaban J connectivity index is 1.59. The average molecular weight is 438 g/mol. The van der Waals surface area contributed by atoms with Gasteiger partial charge in [0.25, 0.3) is 5.91 Å². The summed E-state index contributed by atoms with van der Waals surface area (Å²) in [6.45, 7) is 5.12. The lowest BCUT2D eigenvalue weighted by Gasteiger charge is -2.09. The smallest absolute Gasteiger partial charge is 0.411 e. The normalized spacial score (nSPS) is 11.0. The standard InChI is InChI=1S/C21H19FN6O4/c1-11(2)32-21(30)26-14-7-23-20-27-17(9-28(20)8-14)15-6-13(4-5-16(15)22)25-19(29)18-12(3)24-10-31-18/h4-11H,1-3H3,(H,25,29)(H,26,30). The van der Waals surface area contributed by atoms with Crippen LogP contribution in [0.4, 0.5) is 20.6 Å². The highest BCUT2D eigenvalue weighted by atomic mass is 19.1. The zero-order valence-corrected chi connectivity index (χ0v) is 17.4. The van der Waals surface area contributed by atoms with Crippen LogP contribution in [-0.2, 0) is 4.74 Å². The van der Waals surface area contributed by atoms with Crippen LogP contribution in [0.1, 0.15) is 30.1 Å². The topological polar surface area (TPSA) is 124 Å². The second-order valence-electron chi connectivity index (χ2n) is 7.17. The van der Waals surface area contributed by atoms with Gasteiger partial charge in [-0.1, -0.05) is 0 Å². The number of halogens is 1. The van der Waals surface area contributed by atoms with Crippen LogP contribution in [0.15, 0.2) is 47.6 Å². The lowest BCUT2D eigenvalue weighted by Crippen LogP contribution is -2.18. The molecule has 4 rings (SSSR count). The third-order valence-electron chi connectivity index (χ3n) is 4.35. The highest BCUT2D eigenvalue weighted by molar-refractivity contribution is 6.03. The number of aryl methyl sites for hydroxylation is 1. The van der Waals surface area contributed by atoms with Crippen molar-refractivity contribution in [2.45, 2.75) is 26.9 Å². The third kappa shape index (κ3) is 4.41. The van der Waals surface area contributed by atoms with Crippen LogP contribution in [0, 0.1) is 12.7 Å². The highest BCUT2D eigenvalue weighted by Gasteiger charge is 2.17. The van der Waals surface area contributed by atoms with Crippen molar-refractivity contribution in [2.24, 2.45) is 0 Å². The molecule has 1 aromatic carbocycles. The van der Waals surface area contributed by atoms with E-state index in [2.05, 4.69) is 25.6 Å². The molecule has 32 heavy (non-hydrogen) atoms. The molecule has 11 heteroatoms. The van der Waals surface area contributed by atoms with Gasteiger partial charge in [-0.2, -0.15) is 0 Å². The molecule has 2 amide bonds. The molecule has 0 aliphatic carbocycles. The van der Waals surface area contributed by atoms with E-state index < -0.39 is 17.8 Å². The second-order valence-corrected chi connectivity index (χ2v) is 7.17. The number of imidazole rings is 1. The molecule has 0 unspecified atom stereocenters. The number of oxazole rings is 1. The number of fused-ring (bicyclic) bond motifs is 1. The minimum atomic E-state index is -0.613. The molecule has 0 saturated carbocycles. The summed E-state index contributed by atoms with van der Waals surface area (Å²) in [5.74, 6) is -0.655. The quantitative estimate of drug-likeness (QED) is 0.482. The molecule has 0 aliphatic rings. The van der Waals surface area contributed by atoms with E-state index in [1.165, 1.54) is 30.8 Å². The van der Waals surface area contributed by atoms with Crippen molar-refractivity contribution in [3.05, 3.63) is 60.5 Å². The molecule has 0 spiro atoms. The average Bonchev–Trinajstić information content (AvgIpc) is 3.34. The number of rotatable bonds is 5. The van der Waals surface area contributed by atoms with E-state index >= 15 is 0 Å². The summed E-state index contributed by atoms with van der Waals surface area (Å²) in [6.07, 6.45) is 4.85. The molecular weight excluding hydrogens is 419 g/mol. The number of hydrogen-bond donors (Lipinski definition) is 2. The van der Waals surface area contributed by atoms with Gasteiger partial charge in [-0.25, -0.2) is 24.1 Å². The summed E-state index contributed by atoms with van der Waals surface area (Å²) in [4.78, 5) is 36.5. The molecular formula is C21H19FN6O4. The summed E-state index contributed by atoms with van der Waals surface area (Å²) >= 11 is 0. The monoisotopic (exact) mass is 438 g/mol. The molecule has 3 heterocycles. The molecule has 0 bridgehead atoms. The predicted molar refractivity (Wildman–Crippen MR) is 113 cm³/mol. The number of carbonyl (C=O) groups is 2. The number of carbonyl (C=O) groups excluding carboxylic acids is 2. The zero-order valence-electron chi connectivity index (χ0n) is 17.4. The fraction of sp³-hybridized carbons (Fsp3) is 0.190. The fourth-order valence-electron chi connectivity index (χ4n) is 2.95. The number of benzene rings is 1. The highest BCUT2D eigenvalue weighted by Crippen LogP contribution is 2.26. The number of ether oxygens (including phenoxy) is 1. The van der Waals surface area contributed by atoms with Gasteiger partial charge in [0.1, 0.15) is 5.82 Å². The first-order valence-electron chi connectivity index (χ1n) is 9.64. The summed E-state index contributed by atoms with van der Waals surface area (Å²) in [6, 6.07) is 4.11. The Morgan fingerprint density at radius 2 is 1.97 bits per heavy atom. The largest absolute Gasteiger partial charge is 0.447 e. The van der Waals surface area contributed by atoms with Gasteiger partial charge in [0.15, 0.2) is 6.39 Å². The molecule has 0 atom stereocenters. The summed E-state index contributed by atoms with van der Waals surface area (Å²) in [5, 5.41) is 5.22. The molecule has 0 radical (unpaired) electrons. The maximum atomic E-state index is 14.5. The van der Waals surface area contributed by atoms with Gasteiger partial charge in [-0.3, -0.25) is 14.5 Å². The lowest BCUT2D eigenvalue weighted by molar-refractivity contribution is 0.0995. The van der Waals surface area contributed by atoms with Crippen molar-refractivity contribution in [1.82, 2.24) is 19.4 Å². The van der Waals surface area contributed by atoms with Crippen LogP contribution < -0.4 is 10.6 Å². The van der Waals surface area contributed by atoms with Gasteiger partial charge < -0.3 is 14.5 Å².